The molecule has 0 spiro atoms. The number of carbonyl (C=O) groups is 1. The maximum atomic E-state index is 13.0. The van der Waals surface area contributed by atoms with Crippen LogP contribution in [0.3, 0.4) is 0 Å². The highest BCUT2D eigenvalue weighted by Gasteiger charge is 2.26. The summed E-state index contributed by atoms with van der Waals surface area (Å²) in [4.78, 5) is 17.9. The molecule has 6 heteroatoms. The average molecular weight is 348 g/mol. The van der Waals surface area contributed by atoms with Gasteiger partial charge in [0.25, 0.3) is 5.91 Å². The first-order chi connectivity index (χ1) is 11.6. The third kappa shape index (κ3) is 3.62. The van der Waals surface area contributed by atoms with Gasteiger partial charge in [-0.05, 0) is 18.4 Å². The number of fused-ring (bicyclic) bond motifs is 1. The number of piperazine rings is 1. The van der Waals surface area contributed by atoms with Crippen LogP contribution in [0.1, 0.15) is 22.2 Å². The van der Waals surface area contributed by atoms with Gasteiger partial charge in [-0.2, -0.15) is 0 Å². The van der Waals surface area contributed by atoms with Gasteiger partial charge >= 0.3 is 0 Å². The van der Waals surface area contributed by atoms with Crippen molar-refractivity contribution in [3.8, 4) is 0 Å². The normalized spacial score (nSPS) is 17.4. The Morgan fingerprint density at radius 2 is 2.00 bits per heavy atom. The van der Waals surface area contributed by atoms with Gasteiger partial charge in [0.15, 0.2) is 0 Å². The zero-order valence-electron chi connectivity index (χ0n) is 14.2. The van der Waals surface area contributed by atoms with E-state index < -0.39 is 0 Å². The molecule has 1 amide bonds. The monoisotopic (exact) mass is 348 g/mol. The van der Waals surface area contributed by atoms with E-state index >= 15 is 0 Å². The number of aliphatic hydroxyl groups is 1. The predicted molar refractivity (Wildman–Crippen MR) is 96.6 cm³/mol. The highest BCUT2D eigenvalue weighted by molar-refractivity contribution is 7.21. The van der Waals surface area contributed by atoms with E-state index in [1.165, 1.54) is 0 Å². The van der Waals surface area contributed by atoms with E-state index in [2.05, 4.69) is 17.0 Å². The van der Waals surface area contributed by atoms with E-state index in [0.717, 1.165) is 33.6 Å². The van der Waals surface area contributed by atoms with Crippen molar-refractivity contribution >= 4 is 27.3 Å². The summed E-state index contributed by atoms with van der Waals surface area (Å²) < 4.78 is 6.46. The smallest absolute Gasteiger partial charge is 0.264 e. The summed E-state index contributed by atoms with van der Waals surface area (Å²) in [5.74, 6) is 0.0972. The first kappa shape index (κ1) is 17.4. The van der Waals surface area contributed by atoms with Crippen LogP contribution < -0.4 is 0 Å². The summed E-state index contributed by atoms with van der Waals surface area (Å²) in [6, 6.07) is 8.10. The summed E-state index contributed by atoms with van der Waals surface area (Å²) >= 11 is 1.55. The number of benzene rings is 1. The van der Waals surface area contributed by atoms with Crippen molar-refractivity contribution in [3.63, 3.8) is 0 Å². The minimum atomic E-state index is -0.330. The number of carbonyl (C=O) groups excluding carboxylic acids is 1. The maximum Gasteiger partial charge on any atom is 0.264 e. The van der Waals surface area contributed by atoms with Crippen molar-refractivity contribution in [2.24, 2.45) is 0 Å². The minimum absolute atomic E-state index is 0.0972. The van der Waals surface area contributed by atoms with E-state index in [1.807, 2.05) is 17.0 Å². The van der Waals surface area contributed by atoms with Crippen LogP contribution in [0.15, 0.2) is 24.3 Å². The maximum absolute atomic E-state index is 13.0. The Labute approximate surface area is 146 Å². The molecule has 1 fully saturated rings. The molecule has 0 radical (unpaired) electrons. The van der Waals surface area contributed by atoms with Crippen molar-refractivity contribution < 1.29 is 14.6 Å². The molecule has 1 aliphatic heterocycles. The van der Waals surface area contributed by atoms with Crippen LogP contribution in [0, 0.1) is 0 Å². The van der Waals surface area contributed by atoms with E-state index in [0.29, 0.717) is 26.2 Å². The van der Waals surface area contributed by atoms with Gasteiger partial charge in [-0.3, -0.25) is 9.69 Å². The number of hydrogen-bond donors (Lipinski definition) is 1. The third-order valence-electron chi connectivity index (χ3n) is 4.36. The first-order valence-corrected chi connectivity index (χ1v) is 9.11. The Kier molecular flexibility index (Phi) is 5.50. The Balaban J connectivity index is 1.78. The lowest BCUT2D eigenvalue weighted by Crippen LogP contribution is -2.50. The summed E-state index contributed by atoms with van der Waals surface area (Å²) in [5, 5.41) is 10.6. The second-order valence-corrected chi connectivity index (χ2v) is 7.33. The fraction of sp³-hybridized carbons (Fsp3) is 0.500. The van der Waals surface area contributed by atoms with Gasteiger partial charge in [0.2, 0.25) is 0 Å². The van der Waals surface area contributed by atoms with Crippen LogP contribution in [-0.4, -0.2) is 66.8 Å². The van der Waals surface area contributed by atoms with Gasteiger partial charge in [-0.1, -0.05) is 18.2 Å². The molecule has 130 valence electrons. The van der Waals surface area contributed by atoms with Crippen molar-refractivity contribution in [1.82, 2.24) is 9.80 Å². The fourth-order valence-electron chi connectivity index (χ4n) is 3.21. The average Bonchev–Trinajstić information content (AvgIpc) is 2.94. The van der Waals surface area contributed by atoms with Gasteiger partial charge in [0.1, 0.15) is 0 Å². The molecule has 2 aromatic rings. The van der Waals surface area contributed by atoms with Crippen molar-refractivity contribution in [3.05, 3.63) is 34.7 Å². The number of nitrogens with zero attached hydrogens (tertiary/aromatic N) is 2. The van der Waals surface area contributed by atoms with Gasteiger partial charge in [-0.25, -0.2) is 0 Å². The molecule has 2 heterocycles. The second-order valence-electron chi connectivity index (χ2n) is 6.28. The zero-order chi connectivity index (χ0) is 17.1. The summed E-state index contributed by atoms with van der Waals surface area (Å²) in [7, 11) is 1.66. The summed E-state index contributed by atoms with van der Waals surface area (Å²) in [6.45, 7) is 5.93. The van der Waals surface area contributed by atoms with Crippen molar-refractivity contribution in [2.75, 3.05) is 39.8 Å². The van der Waals surface area contributed by atoms with Gasteiger partial charge in [0.05, 0.1) is 17.6 Å². The zero-order valence-corrected chi connectivity index (χ0v) is 15.0. The highest BCUT2D eigenvalue weighted by atomic mass is 32.1. The number of hydrogen-bond acceptors (Lipinski definition) is 5. The molecular weight excluding hydrogens is 324 g/mol. The Morgan fingerprint density at radius 1 is 1.29 bits per heavy atom. The highest BCUT2D eigenvalue weighted by Crippen LogP contribution is 2.33. The predicted octanol–water partition coefficient (Wildman–Crippen LogP) is 2.19. The molecule has 0 saturated carbocycles. The Bertz CT molecular complexity index is 705. The number of methoxy groups -OCH3 is 1. The first-order valence-electron chi connectivity index (χ1n) is 8.29. The third-order valence-corrected chi connectivity index (χ3v) is 5.56. The number of ether oxygens (including phenoxy) is 1. The molecule has 1 atom stereocenters. The lowest BCUT2D eigenvalue weighted by molar-refractivity contribution is 0.0555. The van der Waals surface area contributed by atoms with Gasteiger partial charge < -0.3 is 14.7 Å². The molecule has 1 saturated heterocycles. The van der Waals surface area contributed by atoms with Crippen LogP contribution in [0.2, 0.25) is 0 Å². The quantitative estimate of drug-likeness (QED) is 0.900. The van der Waals surface area contributed by atoms with E-state index in [-0.39, 0.29) is 12.0 Å². The molecule has 1 N–H and O–H groups in total. The van der Waals surface area contributed by atoms with Crippen LogP contribution in [-0.2, 0) is 11.3 Å². The molecule has 0 bridgehead atoms. The number of thiophene rings is 1. The van der Waals surface area contributed by atoms with Crippen LogP contribution in [0.4, 0.5) is 0 Å². The molecular formula is C18H24N2O3S. The molecule has 3 rings (SSSR count). The van der Waals surface area contributed by atoms with Crippen LogP contribution in [0.5, 0.6) is 0 Å². The van der Waals surface area contributed by atoms with Crippen molar-refractivity contribution in [1.29, 1.82) is 0 Å². The molecule has 1 aromatic heterocycles. The van der Waals surface area contributed by atoms with Crippen LogP contribution in [0.25, 0.3) is 10.1 Å². The fourth-order valence-corrected chi connectivity index (χ4v) is 4.39. The Morgan fingerprint density at radius 3 is 2.67 bits per heavy atom. The molecule has 1 aliphatic rings. The van der Waals surface area contributed by atoms with E-state index in [4.69, 9.17) is 4.74 Å². The largest absolute Gasteiger partial charge is 0.392 e. The molecule has 24 heavy (non-hydrogen) atoms. The number of β-amino-alcohol motifs (C(OH)–C–C–N with tert-alkyl or cyclic N) is 1. The molecule has 0 unspecified atom stereocenters. The number of amides is 1. The SMILES string of the molecule is COCc1c(C(=O)N2CCN(C[C@@H](C)O)CC2)sc2ccccc12. The van der Waals surface area contributed by atoms with E-state index in [9.17, 15) is 9.90 Å². The molecule has 0 aliphatic carbocycles. The van der Waals surface area contributed by atoms with E-state index in [1.54, 1.807) is 25.4 Å². The topological polar surface area (TPSA) is 53.0 Å². The van der Waals surface area contributed by atoms with Crippen molar-refractivity contribution in [2.45, 2.75) is 19.6 Å². The molecule has 5 nitrogen and oxygen atoms in total. The lowest BCUT2D eigenvalue weighted by Gasteiger charge is -2.35. The number of rotatable bonds is 5. The standard InChI is InChI=1S/C18H24N2O3S/c1-13(21)11-19-7-9-20(10-8-19)18(22)17-15(12-23-2)14-5-3-4-6-16(14)24-17/h3-6,13,21H,7-12H2,1-2H3/t13-/m1/s1. The summed E-state index contributed by atoms with van der Waals surface area (Å²) in [6.07, 6.45) is -0.330. The number of aliphatic hydroxyl groups excluding tert-OH is 1. The van der Waals surface area contributed by atoms with Crippen LogP contribution >= 0.6 is 11.3 Å². The Hall–Kier alpha value is -1.47. The molecule has 1 aromatic carbocycles. The van der Waals surface area contributed by atoms with Gasteiger partial charge in [-0.15, -0.1) is 11.3 Å². The minimum Gasteiger partial charge on any atom is -0.392 e. The van der Waals surface area contributed by atoms with Gasteiger partial charge in [0, 0.05) is 50.1 Å². The summed E-state index contributed by atoms with van der Waals surface area (Å²) in [5.41, 5.74) is 0.995. The lowest BCUT2D eigenvalue weighted by atomic mass is 10.1. The second kappa shape index (κ2) is 7.61.